The predicted molar refractivity (Wildman–Crippen MR) is 62.5 cm³/mol. The van der Waals surface area contributed by atoms with E-state index in [9.17, 15) is 4.79 Å². The minimum absolute atomic E-state index is 0.176. The number of ether oxygens (including phenoxy) is 2. The summed E-state index contributed by atoms with van der Waals surface area (Å²) in [4.78, 5) is 10.9. The molecule has 0 unspecified atom stereocenters. The highest BCUT2D eigenvalue weighted by atomic mass is 32.1. The van der Waals surface area contributed by atoms with Crippen molar-refractivity contribution in [2.24, 2.45) is 0 Å². The van der Waals surface area contributed by atoms with Crippen LogP contribution in [0.2, 0.25) is 0 Å². The fourth-order valence-corrected chi connectivity index (χ4v) is 1.72. The van der Waals surface area contributed by atoms with Gasteiger partial charge in [0.05, 0.1) is 12.2 Å². The first-order valence-corrected chi connectivity index (χ1v) is 5.80. The maximum absolute atomic E-state index is 10.6. The molecule has 0 spiro atoms. The Bertz CT molecular complexity index is 351. The monoisotopic (exact) mass is 244 g/mol. The summed E-state index contributed by atoms with van der Waals surface area (Å²) in [5.74, 6) is -0.925. The number of thiophene rings is 1. The number of carboxylic acids is 1. The molecule has 0 saturated carbocycles. The van der Waals surface area contributed by atoms with Gasteiger partial charge in [-0.3, -0.25) is 0 Å². The van der Waals surface area contributed by atoms with Crippen LogP contribution in [0.3, 0.4) is 0 Å². The molecule has 0 saturated heterocycles. The van der Waals surface area contributed by atoms with Gasteiger partial charge in [-0.1, -0.05) is 11.3 Å². The topological polar surface area (TPSA) is 55.8 Å². The second kappa shape index (κ2) is 5.32. The van der Waals surface area contributed by atoms with E-state index in [0.717, 1.165) is 11.3 Å². The summed E-state index contributed by atoms with van der Waals surface area (Å²) >= 11 is 1.12. The van der Waals surface area contributed by atoms with Crippen LogP contribution < -0.4 is 4.74 Å². The fourth-order valence-electron chi connectivity index (χ4n) is 1.00. The highest BCUT2D eigenvalue weighted by Crippen LogP contribution is 2.24. The Morgan fingerprint density at radius 2 is 2.06 bits per heavy atom. The molecule has 0 radical (unpaired) electrons. The van der Waals surface area contributed by atoms with Crippen LogP contribution in [0.4, 0.5) is 0 Å². The van der Waals surface area contributed by atoms with Crippen LogP contribution in [-0.2, 0) is 4.74 Å². The summed E-state index contributed by atoms with van der Waals surface area (Å²) < 4.78 is 10.8. The summed E-state index contributed by atoms with van der Waals surface area (Å²) in [5, 5.41) is 9.31. The predicted octanol–water partition coefficient (Wildman–Crippen LogP) is 2.64. The van der Waals surface area contributed by atoms with Gasteiger partial charge < -0.3 is 14.6 Å². The van der Waals surface area contributed by atoms with Crippen molar-refractivity contribution in [2.75, 3.05) is 13.2 Å². The molecule has 1 aromatic rings. The molecule has 0 amide bonds. The Balaban J connectivity index is 2.30. The van der Waals surface area contributed by atoms with E-state index >= 15 is 0 Å². The number of rotatable bonds is 5. The van der Waals surface area contributed by atoms with Crippen LogP contribution in [0, 0.1) is 0 Å². The number of hydrogen-bond donors (Lipinski definition) is 1. The molecule has 90 valence electrons. The van der Waals surface area contributed by atoms with Crippen molar-refractivity contribution >= 4 is 17.3 Å². The Morgan fingerprint density at radius 1 is 1.38 bits per heavy atom. The van der Waals surface area contributed by atoms with Gasteiger partial charge in [-0.2, -0.15) is 0 Å². The lowest BCUT2D eigenvalue weighted by Gasteiger charge is -2.19. The number of aromatic carboxylic acids is 1. The lowest BCUT2D eigenvalue weighted by Crippen LogP contribution is -2.22. The van der Waals surface area contributed by atoms with E-state index in [4.69, 9.17) is 14.6 Å². The average Bonchev–Trinajstić information content (AvgIpc) is 2.59. The van der Waals surface area contributed by atoms with Gasteiger partial charge in [0.25, 0.3) is 0 Å². The van der Waals surface area contributed by atoms with E-state index in [1.807, 2.05) is 20.8 Å². The molecule has 1 rings (SSSR count). The largest absolute Gasteiger partial charge is 0.482 e. The lowest BCUT2D eigenvalue weighted by molar-refractivity contribution is -0.0158. The van der Waals surface area contributed by atoms with Crippen molar-refractivity contribution in [3.8, 4) is 5.06 Å². The van der Waals surface area contributed by atoms with Gasteiger partial charge in [-0.05, 0) is 32.9 Å². The van der Waals surface area contributed by atoms with E-state index in [0.29, 0.717) is 18.3 Å². The van der Waals surface area contributed by atoms with Crippen molar-refractivity contribution < 1.29 is 19.4 Å². The smallest absolute Gasteiger partial charge is 0.345 e. The summed E-state index contributed by atoms with van der Waals surface area (Å²) in [7, 11) is 0. The Kier molecular flexibility index (Phi) is 4.32. The molecule has 0 atom stereocenters. The second-order valence-corrected chi connectivity index (χ2v) is 5.28. The zero-order valence-electron chi connectivity index (χ0n) is 9.65. The van der Waals surface area contributed by atoms with E-state index in [-0.39, 0.29) is 10.5 Å². The normalized spacial score (nSPS) is 11.4. The molecule has 0 aliphatic rings. The fraction of sp³-hybridized carbons (Fsp3) is 0.545. The molecule has 1 heterocycles. The zero-order valence-corrected chi connectivity index (χ0v) is 10.5. The van der Waals surface area contributed by atoms with E-state index < -0.39 is 5.97 Å². The molecule has 0 bridgehead atoms. The van der Waals surface area contributed by atoms with Crippen molar-refractivity contribution in [2.45, 2.75) is 26.4 Å². The molecule has 4 nitrogen and oxygen atoms in total. The van der Waals surface area contributed by atoms with E-state index in [1.165, 1.54) is 6.07 Å². The van der Waals surface area contributed by atoms with E-state index in [1.54, 1.807) is 6.07 Å². The lowest BCUT2D eigenvalue weighted by atomic mass is 10.2. The molecule has 0 aliphatic heterocycles. The van der Waals surface area contributed by atoms with Gasteiger partial charge in [0, 0.05) is 0 Å². The van der Waals surface area contributed by atoms with Gasteiger partial charge in [0.1, 0.15) is 11.5 Å². The molecule has 0 aromatic carbocycles. The Morgan fingerprint density at radius 3 is 2.56 bits per heavy atom. The van der Waals surface area contributed by atoms with Crippen LogP contribution >= 0.6 is 11.3 Å². The minimum Gasteiger partial charge on any atom is -0.482 e. The first-order valence-electron chi connectivity index (χ1n) is 4.98. The molecule has 1 N–H and O–H groups in total. The summed E-state index contributed by atoms with van der Waals surface area (Å²) in [6.45, 7) is 6.84. The van der Waals surface area contributed by atoms with Gasteiger partial charge in [0.2, 0.25) is 0 Å². The molecule has 16 heavy (non-hydrogen) atoms. The third-order valence-corrected chi connectivity index (χ3v) is 2.64. The maximum atomic E-state index is 10.6. The number of carbonyl (C=O) groups is 1. The Labute approximate surface area is 98.8 Å². The van der Waals surface area contributed by atoms with Crippen LogP contribution in [0.5, 0.6) is 5.06 Å². The average molecular weight is 244 g/mol. The van der Waals surface area contributed by atoms with Gasteiger partial charge in [-0.25, -0.2) is 4.79 Å². The quantitative estimate of drug-likeness (QED) is 0.809. The van der Waals surface area contributed by atoms with Crippen LogP contribution in [0.25, 0.3) is 0 Å². The standard InChI is InChI=1S/C11H16O4S/c1-11(2,3)15-7-6-14-9-5-4-8(16-9)10(12)13/h4-5H,6-7H2,1-3H3,(H,12,13). The third kappa shape index (κ3) is 4.63. The molecule has 5 heteroatoms. The van der Waals surface area contributed by atoms with Crippen molar-refractivity contribution in [1.29, 1.82) is 0 Å². The first-order chi connectivity index (χ1) is 7.38. The summed E-state index contributed by atoms with van der Waals surface area (Å²) in [6, 6.07) is 3.19. The van der Waals surface area contributed by atoms with Gasteiger partial charge >= 0.3 is 5.97 Å². The minimum atomic E-state index is -0.925. The Hall–Kier alpha value is -1.07. The summed E-state index contributed by atoms with van der Waals surface area (Å²) in [5.41, 5.74) is -0.176. The van der Waals surface area contributed by atoms with Gasteiger partial charge in [0.15, 0.2) is 5.06 Å². The van der Waals surface area contributed by atoms with Crippen LogP contribution in [0.15, 0.2) is 12.1 Å². The highest BCUT2D eigenvalue weighted by Gasteiger charge is 2.10. The zero-order chi connectivity index (χ0) is 12.2. The first kappa shape index (κ1) is 13.0. The van der Waals surface area contributed by atoms with Crippen molar-refractivity contribution in [1.82, 2.24) is 0 Å². The second-order valence-electron chi connectivity index (χ2n) is 4.23. The van der Waals surface area contributed by atoms with Gasteiger partial charge in [-0.15, -0.1) is 0 Å². The number of carboxylic acid groups (broad SMARTS) is 1. The number of hydrogen-bond acceptors (Lipinski definition) is 4. The van der Waals surface area contributed by atoms with Crippen LogP contribution in [0.1, 0.15) is 30.4 Å². The molecule has 0 aliphatic carbocycles. The SMILES string of the molecule is CC(C)(C)OCCOc1ccc(C(=O)O)s1. The molecular formula is C11H16O4S. The summed E-state index contributed by atoms with van der Waals surface area (Å²) in [6.07, 6.45) is 0. The highest BCUT2D eigenvalue weighted by molar-refractivity contribution is 7.15. The third-order valence-electron chi connectivity index (χ3n) is 1.65. The van der Waals surface area contributed by atoms with Crippen molar-refractivity contribution in [3.05, 3.63) is 17.0 Å². The molecule has 0 fully saturated rings. The maximum Gasteiger partial charge on any atom is 0.345 e. The molecule has 1 aromatic heterocycles. The van der Waals surface area contributed by atoms with E-state index in [2.05, 4.69) is 0 Å². The van der Waals surface area contributed by atoms with Crippen LogP contribution in [-0.4, -0.2) is 29.9 Å². The molecular weight excluding hydrogens is 228 g/mol. The van der Waals surface area contributed by atoms with Crippen molar-refractivity contribution in [3.63, 3.8) is 0 Å².